The Morgan fingerprint density at radius 2 is 1.85 bits per heavy atom. The van der Waals surface area contributed by atoms with Gasteiger partial charge >= 0.3 is 0 Å². The number of benzene rings is 1. The number of nitrogens with zero attached hydrogens (tertiary/aromatic N) is 3. The summed E-state index contributed by atoms with van der Waals surface area (Å²) in [5.41, 5.74) is 1.30. The first-order valence-corrected chi connectivity index (χ1v) is 15.1. The third-order valence-corrected chi connectivity index (χ3v) is 9.09. The van der Waals surface area contributed by atoms with Crippen LogP contribution in [-0.4, -0.2) is 43.2 Å². The van der Waals surface area contributed by atoms with E-state index < -0.39 is 15.9 Å². The molecule has 2 aliphatic rings. The number of hydrogen-bond acceptors (Lipinski definition) is 9. The number of aromatic nitrogens is 2. The summed E-state index contributed by atoms with van der Waals surface area (Å²) in [7, 11) is -4.31. The maximum absolute atomic E-state index is 13.5. The van der Waals surface area contributed by atoms with E-state index in [0.29, 0.717) is 29.8 Å². The van der Waals surface area contributed by atoms with Gasteiger partial charge in [-0.05, 0) is 62.1 Å². The molecule has 0 aliphatic carbocycles. The Bertz CT molecular complexity index is 1580. The second-order valence-electron chi connectivity index (χ2n) is 12.0. The minimum atomic E-state index is -4.31. The summed E-state index contributed by atoms with van der Waals surface area (Å²) in [6, 6.07) is 13.2. The molecule has 2 aliphatic heterocycles. The van der Waals surface area contributed by atoms with Crippen molar-refractivity contribution in [3.8, 4) is 17.4 Å². The standard InChI is InChI=1S/C30H36N4O6S/c1-19-14-15-34(30(19,5)6)27-21(11-13-24(31-27)29(2,3)4)28(35)33-41(36,37)26-9-7-8-25(32-26)38-17-20-10-12-22-23(16-20)40-18-39-22/h7-13,16,19H,14-15,17-18H2,1-6H3,(H,33,35). The number of anilines is 1. The van der Waals surface area contributed by atoms with Gasteiger partial charge in [0.25, 0.3) is 15.9 Å². The van der Waals surface area contributed by atoms with E-state index in [-0.39, 0.29) is 40.8 Å². The molecule has 1 aromatic carbocycles. The Kier molecular flexibility index (Phi) is 7.35. The minimum Gasteiger partial charge on any atom is -0.473 e. The number of carbonyl (C=O) groups excluding carboxylic acids is 1. The van der Waals surface area contributed by atoms with Gasteiger partial charge in [-0.1, -0.05) is 39.8 Å². The highest BCUT2D eigenvalue weighted by Gasteiger charge is 2.41. The van der Waals surface area contributed by atoms with Gasteiger partial charge in [-0.3, -0.25) is 4.79 Å². The number of fused-ring (bicyclic) bond motifs is 1. The molecule has 5 rings (SSSR count). The number of pyridine rings is 2. The van der Waals surface area contributed by atoms with Crippen LogP contribution in [0.3, 0.4) is 0 Å². The Morgan fingerprint density at radius 1 is 1.10 bits per heavy atom. The zero-order valence-corrected chi connectivity index (χ0v) is 25.0. The summed E-state index contributed by atoms with van der Waals surface area (Å²) in [6.07, 6.45) is 0.941. The van der Waals surface area contributed by atoms with Gasteiger partial charge in [0.2, 0.25) is 12.7 Å². The topological polar surface area (TPSA) is 120 Å². The monoisotopic (exact) mass is 580 g/mol. The first-order valence-electron chi connectivity index (χ1n) is 13.6. The summed E-state index contributed by atoms with van der Waals surface area (Å²) < 4.78 is 45.2. The Morgan fingerprint density at radius 3 is 2.56 bits per heavy atom. The highest BCUT2D eigenvalue weighted by molar-refractivity contribution is 7.90. The molecule has 0 saturated carbocycles. The molecule has 1 unspecified atom stereocenters. The van der Waals surface area contributed by atoms with E-state index in [0.717, 1.165) is 17.7 Å². The van der Waals surface area contributed by atoms with Crippen molar-refractivity contribution >= 4 is 21.7 Å². The normalized spacial score (nSPS) is 17.9. The van der Waals surface area contributed by atoms with Crippen molar-refractivity contribution in [1.82, 2.24) is 14.7 Å². The van der Waals surface area contributed by atoms with Gasteiger partial charge in [0, 0.05) is 29.3 Å². The highest BCUT2D eigenvalue weighted by Crippen LogP contribution is 2.39. The predicted molar refractivity (Wildman–Crippen MR) is 154 cm³/mol. The number of carbonyl (C=O) groups is 1. The molecule has 1 N–H and O–H groups in total. The van der Waals surface area contributed by atoms with E-state index in [1.54, 1.807) is 30.3 Å². The van der Waals surface area contributed by atoms with Crippen LogP contribution in [0, 0.1) is 5.92 Å². The van der Waals surface area contributed by atoms with Crippen molar-refractivity contribution in [2.45, 2.75) is 70.6 Å². The molecule has 1 atom stereocenters. The van der Waals surface area contributed by atoms with E-state index in [1.165, 1.54) is 12.1 Å². The molecule has 218 valence electrons. The van der Waals surface area contributed by atoms with Crippen molar-refractivity contribution in [3.05, 3.63) is 65.4 Å². The smallest absolute Gasteiger partial charge is 0.281 e. The fourth-order valence-corrected chi connectivity index (χ4v) is 5.83. The number of nitrogens with one attached hydrogen (secondary N) is 1. The highest BCUT2D eigenvalue weighted by atomic mass is 32.2. The number of ether oxygens (including phenoxy) is 3. The van der Waals surface area contributed by atoms with Crippen LogP contribution in [-0.2, 0) is 22.0 Å². The molecule has 1 amide bonds. The van der Waals surface area contributed by atoms with Gasteiger partial charge in [-0.25, -0.2) is 9.71 Å². The predicted octanol–water partition coefficient (Wildman–Crippen LogP) is 4.83. The van der Waals surface area contributed by atoms with E-state index >= 15 is 0 Å². The SMILES string of the molecule is CC1CCN(c2nc(C(C)(C)C)ccc2C(=O)NS(=O)(=O)c2cccc(OCc3ccc4c(c3)OCO4)n2)C1(C)C. The molecule has 4 heterocycles. The van der Waals surface area contributed by atoms with E-state index in [9.17, 15) is 13.2 Å². The molecule has 1 fully saturated rings. The zero-order chi connectivity index (χ0) is 29.6. The lowest BCUT2D eigenvalue weighted by Crippen LogP contribution is -2.44. The van der Waals surface area contributed by atoms with E-state index in [1.807, 2.05) is 26.8 Å². The first kappa shape index (κ1) is 28.7. The van der Waals surface area contributed by atoms with Crippen molar-refractivity contribution in [1.29, 1.82) is 0 Å². The minimum absolute atomic E-state index is 0.0997. The molecule has 41 heavy (non-hydrogen) atoms. The molecule has 10 nitrogen and oxygen atoms in total. The second kappa shape index (κ2) is 10.5. The molecule has 0 radical (unpaired) electrons. The number of rotatable bonds is 7. The average molecular weight is 581 g/mol. The maximum atomic E-state index is 13.5. The number of sulfonamides is 1. The van der Waals surface area contributed by atoms with Crippen LogP contribution >= 0.6 is 0 Å². The third-order valence-electron chi connectivity index (χ3n) is 7.86. The van der Waals surface area contributed by atoms with Crippen LogP contribution in [0.2, 0.25) is 0 Å². The van der Waals surface area contributed by atoms with Crippen LogP contribution in [0.5, 0.6) is 17.4 Å². The molecule has 3 aromatic rings. The Balaban J connectivity index is 1.37. The lowest BCUT2D eigenvalue weighted by Gasteiger charge is -2.37. The van der Waals surface area contributed by atoms with Crippen molar-refractivity contribution in [2.24, 2.45) is 5.92 Å². The molecular weight excluding hydrogens is 544 g/mol. The van der Waals surface area contributed by atoms with Gasteiger partial charge in [-0.2, -0.15) is 13.4 Å². The summed E-state index contributed by atoms with van der Waals surface area (Å²) in [5.74, 6) is 1.46. The van der Waals surface area contributed by atoms with Crippen LogP contribution in [0.1, 0.15) is 69.6 Å². The van der Waals surface area contributed by atoms with Gasteiger partial charge in [0.05, 0.1) is 5.56 Å². The van der Waals surface area contributed by atoms with Crippen molar-refractivity contribution < 1.29 is 27.4 Å². The molecular formula is C30H36N4O6S. The number of hydrogen-bond donors (Lipinski definition) is 1. The summed E-state index contributed by atoms with van der Waals surface area (Å²) in [4.78, 5) is 24.7. The maximum Gasteiger partial charge on any atom is 0.281 e. The fraction of sp³-hybridized carbons (Fsp3) is 0.433. The molecule has 0 spiro atoms. The first-order chi connectivity index (χ1) is 19.3. The molecule has 11 heteroatoms. The van der Waals surface area contributed by atoms with Crippen LogP contribution in [0.25, 0.3) is 0 Å². The second-order valence-corrected chi connectivity index (χ2v) is 13.7. The Labute approximate surface area is 241 Å². The molecule has 1 saturated heterocycles. The third kappa shape index (κ3) is 5.81. The van der Waals surface area contributed by atoms with E-state index in [4.69, 9.17) is 19.2 Å². The lowest BCUT2D eigenvalue weighted by molar-refractivity contribution is 0.0981. The summed E-state index contributed by atoms with van der Waals surface area (Å²) >= 11 is 0. The van der Waals surface area contributed by atoms with Crippen molar-refractivity contribution in [3.63, 3.8) is 0 Å². The Hall–Kier alpha value is -3.86. The van der Waals surface area contributed by atoms with Gasteiger partial charge in [-0.15, -0.1) is 0 Å². The lowest BCUT2D eigenvalue weighted by atomic mass is 9.89. The van der Waals surface area contributed by atoms with Crippen LogP contribution in [0.4, 0.5) is 5.82 Å². The largest absolute Gasteiger partial charge is 0.473 e. The van der Waals surface area contributed by atoms with Crippen LogP contribution < -0.4 is 23.8 Å². The van der Waals surface area contributed by atoms with Gasteiger partial charge in [0.1, 0.15) is 12.4 Å². The van der Waals surface area contributed by atoms with E-state index in [2.05, 4.69) is 35.4 Å². The van der Waals surface area contributed by atoms with Gasteiger partial charge < -0.3 is 19.1 Å². The molecule has 2 aromatic heterocycles. The van der Waals surface area contributed by atoms with Crippen molar-refractivity contribution in [2.75, 3.05) is 18.2 Å². The average Bonchev–Trinajstić information content (AvgIpc) is 3.49. The zero-order valence-electron chi connectivity index (χ0n) is 24.2. The summed E-state index contributed by atoms with van der Waals surface area (Å²) in [6.45, 7) is 13.6. The fourth-order valence-electron chi connectivity index (χ4n) is 4.90. The number of amides is 1. The molecule has 0 bridgehead atoms. The summed E-state index contributed by atoms with van der Waals surface area (Å²) in [5, 5.41) is -0.329. The van der Waals surface area contributed by atoms with Crippen LogP contribution in [0.15, 0.2) is 53.6 Å². The van der Waals surface area contributed by atoms with Gasteiger partial charge in [0.15, 0.2) is 16.5 Å². The quantitative estimate of drug-likeness (QED) is 0.419.